The lowest BCUT2D eigenvalue weighted by atomic mass is 10.2. The van der Waals surface area contributed by atoms with E-state index in [0.29, 0.717) is 13.1 Å². The number of amides is 1. The number of nitrogens with two attached hydrogens (primary N) is 1. The molecule has 0 aliphatic carbocycles. The van der Waals surface area contributed by atoms with Gasteiger partial charge in [-0.1, -0.05) is 29.8 Å². The van der Waals surface area contributed by atoms with Crippen molar-refractivity contribution in [2.75, 3.05) is 39.9 Å². The fourth-order valence-electron chi connectivity index (χ4n) is 3.10. The van der Waals surface area contributed by atoms with E-state index < -0.39 is 6.04 Å². The van der Waals surface area contributed by atoms with Gasteiger partial charge in [0.25, 0.3) is 0 Å². The summed E-state index contributed by atoms with van der Waals surface area (Å²) in [5, 5.41) is 0.778. The zero-order valence-corrected chi connectivity index (χ0v) is 16.4. The van der Waals surface area contributed by atoms with Crippen LogP contribution in [0, 0.1) is 0 Å². The zero-order chi connectivity index (χ0) is 18.5. The summed E-state index contributed by atoms with van der Waals surface area (Å²) in [4.78, 5) is 18.9. The lowest BCUT2D eigenvalue weighted by Gasteiger charge is -2.35. The van der Waals surface area contributed by atoms with Crippen molar-refractivity contribution in [2.45, 2.75) is 12.6 Å². The molecule has 0 bridgehead atoms. The first-order chi connectivity index (χ1) is 12.6. The van der Waals surface area contributed by atoms with E-state index in [-0.39, 0.29) is 12.5 Å². The first-order valence-electron chi connectivity index (χ1n) is 8.67. The van der Waals surface area contributed by atoms with Crippen LogP contribution in [0.2, 0.25) is 5.02 Å². The van der Waals surface area contributed by atoms with Gasteiger partial charge in [-0.2, -0.15) is 0 Å². The third-order valence-electron chi connectivity index (χ3n) is 4.53. The highest BCUT2D eigenvalue weighted by Crippen LogP contribution is 2.33. The molecule has 26 heavy (non-hydrogen) atoms. The molecule has 1 saturated heterocycles. The molecule has 7 heteroatoms. The van der Waals surface area contributed by atoms with Crippen LogP contribution < -0.4 is 5.73 Å². The minimum atomic E-state index is -0.568. The van der Waals surface area contributed by atoms with E-state index in [1.54, 1.807) is 18.4 Å². The Kier molecular flexibility index (Phi) is 6.67. The molecule has 2 N–H and O–H groups in total. The Labute approximate surface area is 163 Å². The third-order valence-corrected chi connectivity index (χ3v) is 5.96. The number of piperazine rings is 1. The second kappa shape index (κ2) is 8.97. The van der Waals surface area contributed by atoms with Gasteiger partial charge >= 0.3 is 0 Å². The third kappa shape index (κ3) is 4.64. The summed E-state index contributed by atoms with van der Waals surface area (Å²) in [5.74, 6) is -0.0244. The molecule has 1 aliphatic rings. The van der Waals surface area contributed by atoms with E-state index in [9.17, 15) is 4.79 Å². The van der Waals surface area contributed by atoms with E-state index in [4.69, 9.17) is 22.1 Å². The molecule has 0 radical (unpaired) electrons. The Balaban J connectivity index is 1.54. The number of ether oxygens (including phenoxy) is 1. The molecule has 0 spiro atoms. The SMILES string of the molecule is COCC(N)C(=O)N1CCN(Cc2ccc(-c3ccccc3Cl)s2)CC1. The summed E-state index contributed by atoms with van der Waals surface area (Å²) in [6, 6.07) is 11.6. The second-order valence-electron chi connectivity index (χ2n) is 6.41. The molecular weight excluding hydrogens is 370 g/mol. The number of methoxy groups -OCH3 is 1. The van der Waals surface area contributed by atoms with E-state index in [1.807, 2.05) is 29.2 Å². The number of halogens is 1. The average Bonchev–Trinajstić information content (AvgIpc) is 3.10. The molecule has 0 saturated carbocycles. The molecule has 1 aromatic carbocycles. The summed E-state index contributed by atoms with van der Waals surface area (Å²) in [6.07, 6.45) is 0. The van der Waals surface area contributed by atoms with Gasteiger partial charge in [-0.15, -0.1) is 11.3 Å². The smallest absolute Gasteiger partial charge is 0.241 e. The van der Waals surface area contributed by atoms with Gasteiger partial charge in [-0.25, -0.2) is 0 Å². The largest absolute Gasteiger partial charge is 0.383 e. The van der Waals surface area contributed by atoms with Crippen molar-refractivity contribution in [2.24, 2.45) is 5.73 Å². The standard InChI is InChI=1S/C19H24ClN3O2S/c1-25-13-17(21)19(24)23-10-8-22(9-11-23)12-14-6-7-18(26-14)15-4-2-3-5-16(15)20/h2-7,17H,8-13,21H2,1H3. The van der Waals surface area contributed by atoms with E-state index >= 15 is 0 Å². The highest BCUT2D eigenvalue weighted by atomic mass is 35.5. The van der Waals surface area contributed by atoms with Gasteiger partial charge in [-0.3, -0.25) is 9.69 Å². The molecule has 3 rings (SSSR count). The molecule has 1 amide bonds. The summed E-state index contributed by atoms with van der Waals surface area (Å²) < 4.78 is 4.97. The maximum Gasteiger partial charge on any atom is 0.241 e. The molecule has 1 unspecified atom stereocenters. The minimum absolute atomic E-state index is 0.0244. The van der Waals surface area contributed by atoms with E-state index in [1.165, 1.54) is 9.75 Å². The highest BCUT2D eigenvalue weighted by molar-refractivity contribution is 7.15. The number of carbonyl (C=O) groups is 1. The first-order valence-corrected chi connectivity index (χ1v) is 9.87. The molecule has 140 valence electrons. The maximum absolute atomic E-state index is 12.2. The summed E-state index contributed by atoms with van der Waals surface area (Å²) in [7, 11) is 1.56. The van der Waals surface area contributed by atoms with Gasteiger partial charge in [0.1, 0.15) is 6.04 Å². The Morgan fingerprint density at radius 1 is 1.23 bits per heavy atom. The topological polar surface area (TPSA) is 58.8 Å². The molecular formula is C19H24ClN3O2S. The van der Waals surface area contributed by atoms with Crippen LogP contribution in [0.3, 0.4) is 0 Å². The van der Waals surface area contributed by atoms with Gasteiger partial charge in [0, 0.05) is 60.2 Å². The summed E-state index contributed by atoms with van der Waals surface area (Å²) >= 11 is 8.06. The quantitative estimate of drug-likeness (QED) is 0.819. The Morgan fingerprint density at radius 3 is 2.65 bits per heavy atom. The normalized spacial score (nSPS) is 16.7. The first kappa shape index (κ1) is 19.3. The van der Waals surface area contributed by atoms with Crippen LogP contribution in [0.4, 0.5) is 0 Å². The van der Waals surface area contributed by atoms with Crippen LogP contribution in [0.1, 0.15) is 4.88 Å². The van der Waals surface area contributed by atoms with Crippen molar-refractivity contribution >= 4 is 28.8 Å². The molecule has 1 aromatic heterocycles. The number of nitrogens with zero attached hydrogens (tertiary/aromatic N) is 2. The van der Waals surface area contributed by atoms with Gasteiger partial charge in [-0.05, 0) is 18.2 Å². The average molecular weight is 394 g/mol. The Morgan fingerprint density at radius 2 is 1.96 bits per heavy atom. The summed E-state index contributed by atoms with van der Waals surface area (Å²) in [5.41, 5.74) is 6.92. The van der Waals surface area contributed by atoms with Gasteiger partial charge in [0.05, 0.1) is 6.61 Å². The number of benzene rings is 1. The van der Waals surface area contributed by atoms with E-state index in [0.717, 1.165) is 30.2 Å². The number of carbonyl (C=O) groups excluding carboxylic acids is 1. The number of rotatable bonds is 6. The lowest BCUT2D eigenvalue weighted by Crippen LogP contribution is -2.53. The van der Waals surface area contributed by atoms with Crippen molar-refractivity contribution < 1.29 is 9.53 Å². The van der Waals surface area contributed by atoms with E-state index in [2.05, 4.69) is 17.0 Å². The minimum Gasteiger partial charge on any atom is -0.383 e. The maximum atomic E-state index is 12.2. The highest BCUT2D eigenvalue weighted by Gasteiger charge is 2.25. The zero-order valence-electron chi connectivity index (χ0n) is 14.9. The van der Waals surface area contributed by atoms with Crippen molar-refractivity contribution in [3.05, 3.63) is 46.3 Å². The Bertz CT molecular complexity index is 744. The van der Waals surface area contributed by atoms with Gasteiger partial charge < -0.3 is 15.4 Å². The van der Waals surface area contributed by atoms with Gasteiger partial charge in [0.2, 0.25) is 5.91 Å². The molecule has 2 aromatic rings. The monoisotopic (exact) mass is 393 g/mol. The van der Waals surface area contributed by atoms with Crippen LogP contribution in [-0.4, -0.2) is 61.6 Å². The van der Waals surface area contributed by atoms with Crippen LogP contribution >= 0.6 is 22.9 Å². The van der Waals surface area contributed by atoms with Crippen LogP contribution in [0.25, 0.3) is 10.4 Å². The van der Waals surface area contributed by atoms with Crippen LogP contribution in [-0.2, 0) is 16.1 Å². The molecule has 5 nitrogen and oxygen atoms in total. The number of hydrogen-bond donors (Lipinski definition) is 1. The molecule has 1 atom stereocenters. The van der Waals surface area contributed by atoms with Crippen molar-refractivity contribution in [1.82, 2.24) is 9.80 Å². The van der Waals surface area contributed by atoms with Crippen molar-refractivity contribution in [3.63, 3.8) is 0 Å². The fourth-order valence-corrected chi connectivity index (χ4v) is 4.48. The number of hydrogen-bond acceptors (Lipinski definition) is 5. The predicted octanol–water partition coefficient (Wildman–Crippen LogP) is 2.69. The second-order valence-corrected chi connectivity index (χ2v) is 7.98. The summed E-state index contributed by atoms with van der Waals surface area (Å²) in [6.45, 7) is 4.27. The molecule has 1 aliphatic heterocycles. The molecule has 2 heterocycles. The Hall–Kier alpha value is -1.44. The van der Waals surface area contributed by atoms with Gasteiger partial charge in [0.15, 0.2) is 0 Å². The van der Waals surface area contributed by atoms with Crippen LogP contribution in [0.15, 0.2) is 36.4 Å². The number of thiophene rings is 1. The van der Waals surface area contributed by atoms with Crippen LogP contribution in [0.5, 0.6) is 0 Å². The lowest BCUT2D eigenvalue weighted by molar-refractivity contribution is -0.135. The van der Waals surface area contributed by atoms with Crippen molar-refractivity contribution in [1.29, 1.82) is 0 Å². The predicted molar refractivity (Wildman–Crippen MR) is 106 cm³/mol. The fraction of sp³-hybridized carbons (Fsp3) is 0.421. The molecule has 1 fully saturated rings. The van der Waals surface area contributed by atoms with Crippen molar-refractivity contribution in [3.8, 4) is 10.4 Å².